The average molecular weight is 227 g/mol. The maximum atomic E-state index is 11.8. The van der Waals surface area contributed by atoms with Crippen LogP contribution in [-0.2, 0) is 4.74 Å². The van der Waals surface area contributed by atoms with Crippen LogP contribution in [0.4, 0.5) is 4.79 Å². The Kier molecular flexibility index (Phi) is 2.86. The lowest BCUT2D eigenvalue weighted by Gasteiger charge is -2.51. The minimum absolute atomic E-state index is 0.00333. The second kappa shape index (κ2) is 3.91. The van der Waals surface area contributed by atoms with Gasteiger partial charge in [-0.1, -0.05) is 6.42 Å². The number of ether oxygens (including phenoxy) is 1. The summed E-state index contributed by atoms with van der Waals surface area (Å²) in [5.41, 5.74) is -0.457. The van der Waals surface area contributed by atoms with Gasteiger partial charge >= 0.3 is 6.09 Å². The largest absolute Gasteiger partial charge is 0.444 e. The predicted octanol–water partition coefficient (Wildman–Crippen LogP) is 1.77. The molecule has 4 heteroatoms. The molecule has 2 aliphatic rings. The zero-order valence-corrected chi connectivity index (χ0v) is 10.3. The molecule has 2 atom stereocenters. The molecule has 0 unspecified atom stereocenters. The fourth-order valence-corrected chi connectivity index (χ4v) is 2.37. The summed E-state index contributed by atoms with van der Waals surface area (Å²) in [4.78, 5) is 13.5. The molecule has 1 saturated carbocycles. The Balaban J connectivity index is 1.92. The van der Waals surface area contributed by atoms with Crippen molar-refractivity contribution in [3.05, 3.63) is 0 Å². The van der Waals surface area contributed by atoms with Crippen molar-refractivity contribution in [2.75, 3.05) is 6.54 Å². The number of rotatable bonds is 1. The molecular formula is C12H21NO3. The molecule has 1 amide bonds. The lowest BCUT2D eigenvalue weighted by molar-refractivity contribution is -0.102. The van der Waals surface area contributed by atoms with E-state index in [0.717, 1.165) is 12.8 Å². The minimum atomic E-state index is -0.457. The van der Waals surface area contributed by atoms with E-state index in [0.29, 0.717) is 12.5 Å². The van der Waals surface area contributed by atoms with Crippen molar-refractivity contribution in [3.63, 3.8) is 0 Å². The molecule has 0 aromatic rings. The van der Waals surface area contributed by atoms with Gasteiger partial charge in [0.1, 0.15) is 5.60 Å². The number of carbonyl (C=O) groups excluding carboxylic acids is 1. The van der Waals surface area contributed by atoms with Crippen molar-refractivity contribution in [3.8, 4) is 0 Å². The third-order valence-electron chi connectivity index (χ3n) is 3.40. The molecule has 1 saturated heterocycles. The molecule has 1 N–H and O–H groups in total. The first kappa shape index (κ1) is 11.7. The Morgan fingerprint density at radius 2 is 2.00 bits per heavy atom. The summed E-state index contributed by atoms with van der Waals surface area (Å²) in [6.07, 6.45) is 2.84. The molecule has 0 aromatic heterocycles. The van der Waals surface area contributed by atoms with Crippen LogP contribution in [0.5, 0.6) is 0 Å². The Bertz CT molecular complexity index is 280. The molecule has 0 aromatic carbocycles. The molecule has 2 rings (SSSR count). The number of carbonyl (C=O) groups is 1. The summed E-state index contributed by atoms with van der Waals surface area (Å²) in [5.74, 6) is 0.483. The van der Waals surface area contributed by atoms with Crippen LogP contribution in [0, 0.1) is 5.92 Å². The quantitative estimate of drug-likeness (QED) is 0.742. The van der Waals surface area contributed by atoms with Crippen LogP contribution in [-0.4, -0.2) is 40.4 Å². The van der Waals surface area contributed by atoms with Gasteiger partial charge < -0.3 is 9.84 Å². The van der Waals surface area contributed by atoms with Gasteiger partial charge in [-0.3, -0.25) is 4.90 Å². The number of nitrogens with zero attached hydrogens (tertiary/aromatic N) is 1. The molecule has 92 valence electrons. The lowest BCUT2D eigenvalue weighted by Crippen LogP contribution is -2.66. The van der Waals surface area contributed by atoms with Gasteiger partial charge in [0.25, 0.3) is 0 Å². The highest BCUT2D eigenvalue weighted by Gasteiger charge is 2.48. The first-order valence-electron chi connectivity index (χ1n) is 6.06. The standard InChI is InChI=1S/C12H21NO3/c1-12(2,3)16-11(15)13-7-9(14)10(13)8-5-4-6-8/h8-10,14H,4-7H2,1-3H3/t9-,10+/m1/s1. The van der Waals surface area contributed by atoms with Gasteiger partial charge in [0.15, 0.2) is 0 Å². The van der Waals surface area contributed by atoms with Crippen LogP contribution >= 0.6 is 0 Å². The fourth-order valence-electron chi connectivity index (χ4n) is 2.37. The highest BCUT2D eigenvalue weighted by molar-refractivity contribution is 5.70. The Labute approximate surface area is 96.6 Å². The van der Waals surface area contributed by atoms with E-state index in [1.165, 1.54) is 6.42 Å². The number of aliphatic hydroxyl groups is 1. The summed E-state index contributed by atoms with van der Waals surface area (Å²) >= 11 is 0. The minimum Gasteiger partial charge on any atom is -0.444 e. The number of hydrogen-bond donors (Lipinski definition) is 1. The highest BCUT2D eigenvalue weighted by atomic mass is 16.6. The van der Waals surface area contributed by atoms with Gasteiger partial charge in [-0.25, -0.2) is 4.79 Å². The van der Waals surface area contributed by atoms with E-state index < -0.39 is 5.60 Å². The smallest absolute Gasteiger partial charge is 0.410 e. The van der Waals surface area contributed by atoms with E-state index in [4.69, 9.17) is 4.74 Å². The second-order valence-corrected chi connectivity index (χ2v) is 5.88. The van der Waals surface area contributed by atoms with Crippen LogP contribution in [0.25, 0.3) is 0 Å². The number of aliphatic hydroxyl groups excluding tert-OH is 1. The van der Waals surface area contributed by atoms with Crippen molar-refractivity contribution in [2.24, 2.45) is 5.92 Å². The van der Waals surface area contributed by atoms with Gasteiger partial charge in [0, 0.05) is 0 Å². The van der Waals surface area contributed by atoms with Gasteiger partial charge in [0.05, 0.1) is 18.7 Å². The molecule has 1 aliphatic carbocycles. The molecule has 1 aliphatic heterocycles. The van der Waals surface area contributed by atoms with Gasteiger partial charge in [-0.2, -0.15) is 0 Å². The number of likely N-dealkylation sites (tertiary alicyclic amines) is 1. The van der Waals surface area contributed by atoms with E-state index in [1.807, 2.05) is 20.8 Å². The molecule has 0 spiro atoms. The maximum Gasteiger partial charge on any atom is 0.410 e. The molecule has 16 heavy (non-hydrogen) atoms. The molecule has 2 fully saturated rings. The third kappa shape index (κ3) is 2.17. The first-order chi connectivity index (χ1) is 7.38. The Morgan fingerprint density at radius 1 is 1.38 bits per heavy atom. The first-order valence-corrected chi connectivity index (χ1v) is 6.06. The van der Waals surface area contributed by atoms with Crippen molar-refractivity contribution < 1.29 is 14.6 Å². The van der Waals surface area contributed by atoms with Crippen molar-refractivity contribution in [1.29, 1.82) is 0 Å². The fraction of sp³-hybridized carbons (Fsp3) is 0.917. The van der Waals surface area contributed by atoms with E-state index in [9.17, 15) is 9.90 Å². The third-order valence-corrected chi connectivity index (χ3v) is 3.40. The summed E-state index contributed by atoms with van der Waals surface area (Å²) in [5, 5.41) is 9.71. The van der Waals surface area contributed by atoms with Crippen LogP contribution in [0.1, 0.15) is 40.0 Å². The molecule has 0 bridgehead atoms. The van der Waals surface area contributed by atoms with Crippen LogP contribution in [0.2, 0.25) is 0 Å². The van der Waals surface area contributed by atoms with E-state index in [2.05, 4.69) is 0 Å². The molecule has 1 heterocycles. The monoisotopic (exact) mass is 227 g/mol. The van der Waals surface area contributed by atoms with Crippen molar-refractivity contribution >= 4 is 6.09 Å². The van der Waals surface area contributed by atoms with Crippen molar-refractivity contribution in [1.82, 2.24) is 4.90 Å². The summed E-state index contributed by atoms with van der Waals surface area (Å²) in [6.45, 7) is 6.01. The highest BCUT2D eigenvalue weighted by Crippen LogP contribution is 2.38. The summed E-state index contributed by atoms with van der Waals surface area (Å²) < 4.78 is 5.31. The Morgan fingerprint density at radius 3 is 2.38 bits per heavy atom. The Hall–Kier alpha value is -0.770. The number of β-amino-alcohol motifs (C(OH)–C–C–N with tert-alkyl or cyclic N) is 1. The zero-order chi connectivity index (χ0) is 11.9. The maximum absolute atomic E-state index is 11.8. The lowest BCUT2D eigenvalue weighted by atomic mass is 9.74. The summed E-state index contributed by atoms with van der Waals surface area (Å²) in [6, 6.07) is 0.00333. The van der Waals surface area contributed by atoms with Gasteiger partial charge in [-0.05, 0) is 39.5 Å². The second-order valence-electron chi connectivity index (χ2n) is 5.88. The topological polar surface area (TPSA) is 49.8 Å². The van der Waals surface area contributed by atoms with Gasteiger partial charge in [-0.15, -0.1) is 0 Å². The van der Waals surface area contributed by atoms with E-state index in [-0.39, 0.29) is 18.2 Å². The molecule has 4 nitrogen and oxygen atoms in total. The normalized spacial score (nSPS) is 30.6. The SMILES string of the molecule is CC(C)(C)OC(=O)N1C[C@@H](O)[C@@H]1C1CCC1. The predicted molar refractivity (Wildman–Crippen MR) is 60.1 cm³/mol. The zero-order valence-electron chi connectivity index (χ0n) is 10.3. The number of hydrogen-bond acceptors (Lipinski definition) is 3. The average Bonchev–Trinajstić information content (AvgIpc) is 2.03. The molecular weight excluding hydrogens is 206 g/mol. The summed E-state index contributed by atoms with van der Waals surface area (Å²) in [7, 11) is 0. The van der Waals surface area contributed by atoms with E-state index >= 15 is 0 Å². The van der Waals surface area contributed by atoms with E-state index in [1.54, 1.807) is 4.90 Å². The number of amides is 1. The molecule has 0 radical (unpaired) electrons. The van der Waals surface area contributed by atoms with Crippen LogP contribution in [0.15, 0.2) is 0 Å². The van der Waals surface area contributed by atoms with Crippen molar-refractivity contribution in [2.45, 2.75) is 57.8 Å². The van der Waals surface area contributed by atoms with Crippen LogP contribution in [0.3, 0.4) is 0 Å². The van der Waals surface area contributed by atoms with Gasteiger partial charge in [0.2, 0.25) is 0 Å². The van der Waals surface area contributed by atoms with Crippen LogP contribution < -0.4 is 0 Å².